The van der Waals surface area contributed by atoms with Crippen LogP contribution in [0.5, 0.6) is 0 Å². The summed E-state index contributed by atoms with van der Waals surface area (Å²) in [5.74, 6) is 0. The number of nitrogens with zero attached hydrogens (tertiary/aromatic N) is 1. The highest BCUT2D eigenvalue weighted by Gasteiger charge is 2.22. The molecular formula is C25H22N2. The van der Waals surface area contributed by atoms with E-state index < -0.39 is 0 Å². The molecule has 0 amide bonds. The van der Waals surface area contributed by atoms with Gasteiger partial charge < -0.3 is 10.3 Å². The lowest BCUT2D eigenvalue weighted by Gasteiger charge is -2.17. The molecule has 27 heavy (non-hydrogen) atoms. The molecule has 0 saturated heterocycles. The number of hydrogen-bond acceptors (Lipinski definition) is 1. The van der Waals surface area contributed by atoms with Gasteiger partial charge in [0.15, 0.2) is 0 Å². The zero-order chi connectivity index (χ0) is 18.2. The van der Waals surface area contributed by atoms with Crippen LogP contribution in [-0.2, 0) is 12.8 Å². The minimum atomic E-state index is 0.857. The Hall–Kier alpha value is -3.26. The molecule has 0 aliphatic heterocycles. The minimum Gasteiger partial charge on any atom is -0.398 e. The third kappa shape index (κ3) is 2.74. The Bertz CT molecular complexity index is 1140. The van der Waals surface area contributed by atoms with Crippen LogP contribution in [0.2, 0.25) is 0 Å². The fourth-order valence-corrected chi connectivity index (χ4v) is 4.27. The lowest BCUT2D eigenvalue weighted by molar-refractivity contribution is 0.835. The summed E-state index contributed by atoms with van der Waals surface area (Å²) >= 11 is 0. The van der Waals surface area contributed by atoms with Crippen LogP contribution in [-0.4, -0.2) is 4.57 Å². The maximum atomic E-state index is 6.43. The molecule has 0 spiro atoms. The van der Waals surface area contributed by atoms with Crippen molar-refractivity contribution in [2.45, 2.75) is 19.3 Å². The van der Waals surface area contributed by atoms with Crippen LogP contribution in [0.4, 0.5) is 5.69 Å². The molecule has 132 valence electrons. The first-order chi connectivity index (χ1) is 13.3. The second-order valence-electron chi connectivity index (χ2n) is 7.24. The van der Waals surface area contributed by atoms with Gasteiger partial charge >= 0.3 is 0 Å². The van der Waals surface area contributed by atoms with Crippen molar-refractivity contribution in [2.24, 2.45) is 0 Å². The molecule has 0 unspecified atom stereocenters. The maximum absolute atomic E-state index is 6.43. The molecule has 0 radical (unpaired) electrons. The summed E-state index contributed by atoms with van der Waals surface area (Å²) in [5, 5.41) is 1.18. The second-order valence-corrected chi connectivity index (χ2v) is 7.24. The van der Waals surface area contributed by atoms with Gasteiger partial charge in [-0.3, -0.25) is 0 Å². The summed E-state index contributed by atoms with van der Waals surface area (Å²) in [6, 6.07) is 27.6. The summed E-state index contributed by atoms with van der Waals surface area (Å²) in [6.07, 6.45) is 5.51. The zero-order valence-corrected chi connectivity index (χ0v) is 15.2. The predicted molar refractivity (Wildman–Crippen MR) is 114 cm³/mol. The van der Waals surface area contributed by atoms with Crippen LogP contribution in [0.15, 0.2) is 84.4 Å². The molecule has 1 aromatic heterocycles. The van der Waals surface area contributed by atoms with E-state index >= 15 is 0 Å². The zero-order valence-electron chi connectivity index (χ0n) is 15.2. The first kappa shape index (κ1) is 16.0. The van der Waals surface area contributed by atoms with E-state index in [0.29, 0.717) is 0 Å². The second kappa shape index (κ2) is 6.48. The normalized spacial score (nSPS) is 13.4. The minimum absolute atomic E-state index is 0.857. The van der Waals surface area contributed by atoms with Crippen LogP contribution in [0.25, 0.3) is 22.7 Å². The first-order valence-corrected chi connectivity index (χ1v) is 9.52. The largest absolute Gasteiger partial charge is 0.398 e. The van der Waals surface area contributed by atoms with Gasteiger partial charge in [0.25, 0.3) is 0 Å². The molecule has 5 rings (SSSR count). The van der Waals surface area contributed by atoms with Crippen molar-refractivity contribution in [1.29, 1.82) is 0 Å². The fourth-order valence-electron chi connectivity index (χ4n) is 4.27. The van der Waals surface area contributed by atoms with E-state index in [9.17, 15) is 0 Å². The molecule has 1 aliphatic rings. The van der Waals surface area contributed by atoms with Crippen molar-refractivity contribution in [3.63, 3.8) is 0 Å². The van der Waals surface area contributed by atoms with Crippen LogP contribution in [0.3, 0.4) is 0 Å². The van der Waals surface area contributed by atoms with E-state index in [1.54, 1.807) is 0 Å². The molecule has 0 atom stereocenters. The molecular weight excluding hydrogens is 328 g/mol. The Morgan fingerprint density at radius 2 is 1.52 bits per heavy atom. The average Bonchev–Trinajstić information content (AvgIpc) is 3.04. The Morgan fingerprint density at radius 1 is 0.778 bits per heavy atom. The quantitative estimate of drug-likeness (QED) is 0.466. The number of fused-ring (bicyclic) bond motifs is 3. The summed E-state index contributed by atoms with van der Waals surface area (Å²) in [5.41, 5.74) is 15.2. The molecule has 2 N–H and O–H groups in total. The summed E-state index contributed by atoms with van der Waals surface area (Å²) in [6.45, 7) is 0. The van der Waals surface area contributed by atoms with Crippen LogP contribution >= 0.6 is 0 Å². The van der Waals surface area contributed by atoms with Crippen molar-refractivity contribution in [3.8, 4) is 5.69 Å². The third-order valence-electron chi connectivity index (χ3n) is 5.49. The highest BCUT2D eigenvalue weighted by molar-refractivity contribution is 6.01. The Balaban J connectivity index is 1.70. The van der Waals surface area contributed by atoms with Crippen molar-refractivity contribution >= 4 is 22.7 Å². The SMILES string of the molecule is Nc1cccc2c1c1c(n2-c2ccccc2)CCC(Cc2ccccc2)=C1. The van der Waals surface area contributed by atoms with Crippen LogP contribution in [0, 0.1) is 0 Å². The van der Waals surface area contributed by atoms with Crippen LogP contribution < -0.4 is 5.73 Å². The van der Waals surface area contributed by atoms with E-state index in [1.165, 1.54) is 39.0 Å². The van der Waals surface area contributed by atoms with Gasteiger partial charge in [-0.15, -0.1) is 0 Å². The van der Waals surface area contributed by atoms with Gasteiger partial charge in [-0.1, -0.05) is 66.2 Å². The van der Waals surface area contributed by atoms with Gasteiger partial charge in [0.2, 0.25) is 0 Å². The summed E-state index contributed by atoms with van der Waals surface area (Å²) in [4.78, 5) is 0. The number of allylic oxidation sites excluding steroid dienone is 1. The monoisotopic (exact) mass is 350 g/mol. The Labute approximate surface area is 159 Å². The Morgan fingerprint density at radius 3 is 2.30 bits per heavy atom. The van der Waals surface area contributed by atoms with Gasteiger partial charge in [-0.05, 0) is 49.1 Å². The van der Waals surface area contributed by atoms with Gasteiger partial charge in [0.05, 0.1) is 5.52 Å². The standard InChI is InChI=1S/C25H22N2/c26-22-12-7-13-24-25(22)21-17-19(16-18-8-3-1-4-9-18)14-15-23(21)27(24)20-10-5-2-6-11-20/h1-13,17H,14-16,26H2. The fraction of sp³-hybridized carbons (Fsp3) is 0.120. The predicted octanol–water partition coefficient (Wildman–Crippen LogP) is 5.79. The van der Waals surface area contributed by atoms with Crippen molar-refractivity contribution < 1.29 is 0 Å². The first-order valence-electron chi connectivity index (χ1n) is 9.52. The van der Waals surface area contributed by atoms with Crippen LogP contribution in [0.1, 0.15) is 23.2 Å². The summed E-state index contributed by atoms with van der Waals surface area (Å²) < 4.78 is 2.39. The smallest absolute Gasteiger partial charge is 0.0558 e. The molecule has 1 aliphatic carbocycles. The number of anilines is 1. The topological polar surface area (TPSA) is 30.9 Å². The van der Waals surface area contributed by atoms with Crippen molar-refractivity contribution in [1.82, 2.24) is 4.57 Å². The molecule has 0 bridgehead atoms. The van der Waals surface area contributed by atoms with E-state index in [2.05, 4.69) is 83.4 Å². The summed E-state index contributed by atoms with van der Waals surface area (Å²) in [7, 11) is 0. The number of rotatable bonds is 3. The molecule has 0 saturated carbocycles. The number of nitrogens with two attached hydrogens (primary N) is 1. The van der Waals surface area contributed by atoms with E-state index in [0.717, 1.165) is 24.9 Å². The molecule has 1 heterocycles. The molecule has 2 nitrogen and oxygen atoms in total. The van der Waals surface area contributed by atoms with E-state index in [1.807, 2.05) is 6.07 Å². The average molecular weight is 350 g/mol. The number of hydrogen-bond donors (Lipinski definition) is 1. The molecule has 4 aromatic rings. The van der Waals surface area contributed by atoms with Crippen molar-refractivity contribution in [3.05, 3.63) is 101 Å². The number of para-hydroxylation sites is 1. The lowest BCUT2D eigenvalue weighted by Crippen LogP contribution is -2.06. The highest BCUT2D eigenvalue weighted by Crippen LogP contribution is 2.38. The Kier molecular flexibility index (Phi) is 3.83. The van der Waals surface area contributed by atoms with Gasteiger partial charge in [0, 0.05) is 28.0 Å². The number of aromatic nitrogens is 1. The highest BCUT2D eigenvalue weighted by atomic mass is 15.0. The van der Waals surface area contributed by atoms with E-state index in [4.69, 9.17) is 5.73 Å². The van der Waals surface area contributed by atoms with Gasteiger partial charge in [-0.25, -0.2) is 0 Å². The molecule has 3 aromatic carbocycles. The van der Waals surface area contributed by atoms with E-state index in [-0.39, 0.29) is 0 Å². The van der Waals surface area contributed by atoms with Gasteiger partial charge in [0.1, 0.15) is 0 Å². The maximum Gasteiger partial charge on any atom is 0.0558 e. The third-order valence-corrected chi connectivity index (χ3v) is 5.49. The number of benzene rings is 3. The van der Waals surface area contributed by atoms with Gasteiger partial charge in [-0.2, -0.15) is 0 Å². The molecule has 0 fully saturated rings. The lowest BCUT2D eigenvalue weighted by atomic mass is 9.91. The number of nitrogen functional groups attached to an aromatic ring is 1. The van der Waals surface area contributed by atoms with Crippen molar-refractivity contribution in [2.75, 3.05) is 5.73 Å². The molecule has 2 heteroatoms.